The molecular formula is C25H25ClF2O2. The fourth-order valence-corrected chi connectivity index (χ4v) is 3.71. The number of aryl methyl sites for hydroxylation is 1. The van der Waals surface area contributed by atoms with Gasteiger partial charge in [0.2, 0.25) is 0 Å². The van der Waals surface area contributed by atoms with Gasteiger partial charge in [-0.25, -0.2) is 8.78 Å². The van der Waals surface area contributed by atoms with Gasteiger partial charge >= 0.3 is 0 Å². The number of methoxy groups -OCH3 is 1. The molecule has 0 heterocycles. The fraction of sp³-hybridized carbons (Fsp3) is 0.280. The molecule has 0 aromatic heterocycles. The van der Waals surface area contributed by atoms with E-state index in [0.29, 0.717) is 28.7 Å². The third-order valence-electron chi connectivity index (χ3n) is 5.16. The van der Waals surface area contributed by atoms with Gasteiger partial charge in [0.1, 0.15) is 28.9 Å². The first-order chi connectivity index (χ1) is 14.3. The molecule has 0 N–H and O–H groups in total. The monoisotopic (exact) mass is 430 g/mol. The van der Waals surface area contributed by atoms with Crippen LogP contribution in [0.4, 0.5) is 8.78 Å². The van der Waals surface area contributed by atoms with Crippen molar-refractivity contribution >= 4 is 11.6 Å². The minimum Gasteiger partial charge on any atom is -0.495 e. The summed E-state index contributed by atoms with van der Waals surface area (Å²) >= 11 is 6.27. The van der Waals surface area contributed by atoms with E-state index in [2.05, 4.69) is 13.8 Å². The van der Waals surface area contributed by atoms with Gasteiger partial charge in [0, 0.05) is 12.1 Å². The van der Waals surface area contributed by atoms with E-state index >= 15 is 0 Å². The van der Waals surface area contributed by atoms with Crippen molar-refractivity contribution < 1.29 is 18.3 Å². The molecular weight excluding hydrogens is 406 g/mol. The van der Waals surface area contributed by atoms with E-state index in [9.17, 15) is 8.78 Å². The van der Waals surface area contributed by atoms with Gasteiger partial charge in [0.25, 0.3) is 0 Å². The highest BCUT2D eigenvalue weighted by Gasteiger charge is 2.21. The molecule has 0 spiro atoms. The maximum atomic E-state index is 14.1. The minimum atomic E-state index is -0.398. The van der Waals surface area contributed by atoms with Crippen LogP contribution in [-0.4, -0.2) is 7.11 Å². The Kier molecular flexibility index (Phi) is 6.99. The number of hydrogen-bond acceptors (Lipinski definition) is 2. The Morgan fingerprint density at radius 1 is 0.900 bits per heavy atom. The third kappa shape index (κ3) is 5.73. The van der Waals surface area contributed by atoms with Gasteiger partial charge in [0.05, 0.1) is 12.1 Å². The van der Waals surface area contributed by atoms with E-state index < -0.39 is 5.82 Å². The highest BCUT2D eigenvalue weighted by Crippen LogP contribution is 2.34. The topological polar surface area (TPSA) is 18.5 Å². The van der Waals surface area contributed by atoms with Gasteiger partial charge in [-0.2, -0.15) is 0 Å². The maximum absolute atomic E-state index is 14.1. The van der Waals surface area contributed by atoms with E-state index in [1.807, 2.05) is 18.2 Å². The molecule has 0 amide bonds. The highest BCUT2D eigenvalue weighted by molar-refractivity contribution is 6.32. The molecule has 3 aromatic rings. The molecule has 3 aromatic carbocycles. The lowest BCUT2D eigenvalue weighted by Crippen LogP contribution is -2.17. The summed E-state index contributed by atoms with van der Waals surface area (Å²) < 4.78 is 38.3. The summed E-state index contributed by atoms with van der Waals surface area (Å²) in [6, 6.07) is 16.2. The van der Waals surface area contributed by atoms with Crippen LogP contribution < -0.4 is 9.47 Å². The minimum absolute atomic E-state index is 0.0931. The summed E-state index contributed by atoms with van der Waals surface area (Å²) in [5.41, 5.74) is 1.87. The van der Waals surface area contributed by atoms with Crippen LogP contribution in [-0.2, 0) is 11.8 Å². The van der Waals surface area contributed by atoms with Crippen LogP contribution in [0.3, 0.4) is 0 Å². The average molecular weight is 431 g/mol. The molecule has 0 bridgehead atoms. The molecule has 0 unspecified atom stereocenters. The Morgan fingerprint density at radius 2 is 1.67 bits per heavy atom. The Balaban J connectivity index is 1.65. The van der Waals surface area contributed by atoms with Gasteiger partial charge in [-0.05, 0) is 72.2 Å². The Morgan fingerprint density at radius 3 is 2.37 bits per heavy atom. The lowest BCUT2D eigenvalue weighted by molar-refractivity contribution is 0.413. The second kappa shape index (κ2) is 9.48. The molecule has 0 atom stereocenters. The Labute approximate surface area is 181 Å². The van der Waals surface area contributed by atoms with E-state index in [1.54, 1.807) is 25.3 Å². The Hall–Kier alpha value is -2.59. The zero-order valence-electron chi connectivity index (χ0n) is 17.3. The smallest absolute Gasteiger partial charge is 0.137 e. The van der Waals surface area contributed by atoms with Crippen LogP contribution in [0.5, 0.6) is 17.2 Å². The highest BCUT2D eigenvalue weighted by atomic mass is 35.5. The van der Waals surface area contributed by atoms with E-state index in [-0.39, 0.29) is 11.2 Å². The molecule has 5 heteroatoms. The third-order valence-corrected chi connectivity index (χ3v) is 5.46. The molecule has 0 aliphatic carbocycles. The van der Waals surface area contributed by atoms with Gasteiger partial charge < -0.3 is 9.47 Å². The van der Waals surface area contributed by atoms with Crippen LogP contribution in [0, 0.1) is 11.6 Å². The van der Waals surface area contributed by atoms with Crippen molar-refractivity contribution in [2.45, 2.75) is 38.5 Å². The number of benzene rings is 3. The SMILES string of the molecule is COc1ccc(C(C)(C)CCCc2cc(F)cc(Oc3cccc(F)c3)c2)cc1Cl. The second-order valence-electron chi connectivity index (χ2n) is 7.94. The predicted molar refractivity (Wildman–Crippen MR) is 117 cm³/mol. The van der Waals surface area contributed by atoms with Crippen molar-refractivity contribution in [3.8, 4) is 17.2 Å². The summed E-state index contributed by atoms with van der Waals surface area (Å²) in [5, 5.41) is 0.590. The first-order valence-electron chi connectivity index (χ1n) is 9.84. The standard InChI is InChI=1S/C25H25ClF2O2/c1-25(2,18-9-10-24(29-3)23(26)14-18)11-5-6-17-12-20(28)16-22(13-17)30-21-8-4-7-19(27)15-21/h4,7-10,12-16H,5-6,11H2,1-3H3. The van der Waals surface area contributed by atoms with Gasteiger partial charge in [-0.1, -0.05) is 37.6 Å². The zero-order chi connectivity index (χ0) is 21.7. The van der Waals surface area contributed by atoms with Crippen LogP contribution in [0.15, 0.2) is 60.7 Å². The lowest BCUT2D eigenvalue weighted by Gasteiger charge is -2.26. The van der Waals surface area contributed by atoms with Crippen molar-refractivity contribution in [1.29, 1.82) is 0 Å². The van der Waals surface area contributed by atoms with Crippen molar-refractivity contribution in [1.82, 2.24) is 0 Å². The van der Waals surface area contributed by atoms with Crippen LogP contribution in [0.25, 0.3) is 0 Å². The summed E-state index contributed by atoms with van der Waals surface area (Å²) in [7, 11) is 1.59. The van der Waals surface area contributed by atoms with E-state index in [1.165, 1.54) is 24.3 Å². The number of ether oxygens (including phenoxy) is 2. The molecule has 2 nitrogen and oxygen atoms in total. The molecule has 0 saturated heterocycles. The molecule has 158 valence electrons. The zero-order valence-corrected chi connectivity index (χ0v) is 18.1. The summed E-state index contributed by atoms with van der Waals surface area (Å²) in [4.78, 5) is 0. The average Bonchev–Trinajstić information content (AvgIpc) is 2.67. The molecule has 0 saturated carbocycles. The predicted octanol–water partition coefficient (Wildman–Crippen LogP) is 7.72. The number of hydrogen-bond donors (Lipinski definition) is 0. The summed E-state index contributed by atoms with van der Waals surface area (Å²) in [6.45, 7) is 4.32. The van der Waals surface area contributed by atoms with Crippen LogP contribution in [0.1, 0.15) is 37.8 Å². The quantitative estimate of drug-likeness (QED) is 0.364. The molecule has 0 aliphatic rings. The Bertz CT molecular complexity index is 1020. The van der Waals surface area contributed by atoms with Crippen LogP contribution >= 0.6 is 11.6 Å². The van der Waals surface area contributed by atoms with Crippen molar-refractivity contribution in [3.05, 3.63) is 88.4 Å². The van der Waals surface area contributed by atoms with Crippen molar-refractivity contribution in [2.75, 3.05) is 7.11 Å². The molecule has 0 aliphatic heterocycles. The van der Waals surface area contributed by atoms with E-state index in [0.717, 1.165) is 24.0 Å². The summed E-state index contributed by atoms with van der Waals surface area (Å²) in [5.74, 6) is 0.577. The second-order valence-corrected chi connectivity index (χ2v) is 8.35. The summed E-state index contributed by atoms with van der Waals surface area (Å²) in [6.07, 6.45) is 2.45. The maximum Gasteiger partial charge on any atom is 0.137 e. The largest absolute Gasteiger partial charge is 0.495 e. The van der Waals surface area contributed by atoms with Gasteiger partial charge in [0.15, 0.2) is 0 Å². The van der Waals surface area contributed by atoms with Crippen molar-refractivity contribution in [3.63, 3.8) is 0 Å². The van der Waals surface area contributed by atoms with Gasteiger partial charge in [-0.3, -0.25) is 0 Å². The van der Waals surface area contributed by atoms with Gasteiger partial charge in [-0.15, -0.1) is 0 Å². The normalized spacial score (nSPS) is 11.4. The number of halogens is 3. The number of rotatable bonds is 8. The molecule has 0 fully saturated rings. The first-order valence-corrected chi connectivity index (χ1v) is 10.2. The fourth-order valence-electron chi connectivity index (χ4n) is 3.46. The first kappa shape index (κ1) is 22.1. The molecule has 3 rings (SSSR count). The molecule has 30 heavy (non-hydrogen) atoms. The van der Waals surface area contributed by atoms with E-state index in [4.69, 9.17) is 21.1 Å². The van der Waals surface area contributed by atoms with Crippen molar-refractivity contribution in [2.24, 2.45) is 0 Å². The molecule has 0 radical (unpaired) electrons. The lowest BCUT2D eigenvalue weighted by atomic mass is 9.80. The van der Waals surface area contributed by atoms with Crippen LogP contribution in [0.2, 0.25) is 5.02 Å².